The summed E-state index contributed by atoms with van der Waals surface area (Å²) in [7, 11) is -3.26. The SMILES string of the molecule is CCS(=O)(=O)C(C)C(=O)NCC(C)C. The van der Waals surface area contributed by atoms with Gasteiger partial charge in [-0.25, -0.2) is 8.42 Å². The summed E-state index contributed by atoms with van der Waals surface area (Å²) in [4.78, 5) is 11.4. The zero-order valence-corrected chi connectivity index (χ0v) is 10.0. The number of amides is 1. The lowest BCUT2D eigenvalue weighted by Gasteiger charge is -2.13. The van der Waals surface area contributed by atoms with Crippen LogP contribution in [-0.4, -0.2) is 31.9 Å². The second kappa shape index (κ2) is 5.34. The molecular weight excluding hydrogens is 202 g/mol. The fourth-order valence-corrected chi connectivity index (χ4v) is 1.77. The molecule has 14 heavy (non-hydrogen) atoms. The molecule has 1 atom stereocenters. The van der Waals surface area contributed by atoms with Gasteiger partial charge in [0.25, 0.3) is 0 Å². The fourth-order valence-electron chi connectivity index (χ4n) is 0.862. The topological polar surface area (TPSA) is 63.2 Å². The Kier molecular flexibility index (Phi) is 5.12. The van der Waals surface area contributed by atoms with Crippen LogP contribution in [0, 0.1) is 5.92 Å². The van der Waals surface area contributed by atoms with Crippen LogP contribution in [0.3, 0.4) is 0 Å². The fraction of sp³-hybridized carbons (Fsp3) is 0.889. The van der Waals surface area contributed by atoms with Crippen LogP contribution < -0.4 is 5.32 Å². The predicted octanol–water partition coefficient (Wildman–Crippen LogP) is 0.582. The van der Waals surface area contributed by atoms with Crippen LogP contribution in [0.5, 0.6) is 0 Å². The molecule has 0 saturated carbocycles. The molecule has 0 radical (unpaired) electrons. The zero-order valence-electron chi connectivity index (χ0n) is 9.20. The van der Waals surface area contributed by atoms with E-state index in [9.17, 15) is 13.2 Å². The number of carbonyl (C=O) groups is 1. The van der Waals surface area contributed by atoms with E-state index in [0.717, 1.165) is 0 Å². The maximum absolute atomic E-state index is 11.4. The minimum atomic E-state index is -3.26. The van der Waals surface area contributed by atoms with Crippen molar-refractivity contribution < 1.29 is 13.2 Å². The average Bonchev–Trinajstić information content (AvgIpc) is 2.12. The molecule has 84 valence electrons. The predicted molar refractivity (Wildman–Crippen MR) is 56.8 cm³/mol. The van der Waals surface area contributed by atoms with E-state index < -0.39 is 21.0 Å². The van der Waals surface area contributed by atoms with E-state index in [0.29, 0.717) is 12.5 Å². The van der Waals surface area contributed by atoms with Crippen LogP contribution in [-0.2, 0) is 14.6 Å². The molecule has 1 unspecified atom stereocenters. The largest absolute Gasteiger partial charge is 0.355 e. The smallest absolute Gasteiger partial charge is 0.238 e. The lowest BCUT2D eigenvalue weighted by atomic mass is 10.2. The number of hydrogen-bond acceptors (Lipinski definition) is 3. The normalized spacial score (nSPS) is 14.1. The molecule has 0 bridgehead atoms. The first kappa shape index (κ1) is 13.4. The summed E-state index contributed by atoms with van der Waals surface area (Å²) in [6.45, 7) is 7.40. The molecule has 1 amide bonds. The maximum atomic E-state index is 11.4. The van der Waals surface area contributed by atoms with E-state index in [4.69, 9.17) is 0 Å². The Bertz CT molecular complexity index is 282. The molecule has 0 aliphatic carbocycles. The quantitative estimate of drug-likeness (QED) is 0.738. The molecule has 0 saturated heterocycles. The minimum absolute atomic E-state index is 0.00324. The van der Waals surface area contributed by atoms with Gasteiger partial charge in [0.1, 0.15) is 5.25 Å². The zero-order chi connectivity index (χ0) is 11.4. The van der Waals surface area contributed by atoms with Gasteiger partial charge in [0.2, 0.25) is 5.91 Å². The summed E-state index contributed by atoms with van der Waals surface area (Å²) < 4.78 is 22.6. The lowest BCUT2D eigenvalue weighted by molar-refractivity contribution is -0.120. The van der Waals surface area contributed by atoms with Crippen LogP contribution in [0.25, 0.3) is 0 Å². The van der Waals surface area contributed by atoms with Gasteiger partial charge in [-0.2, -0.15) is 0 Å². The van der Waals surface area contributed by atoms with Crippen molar-refractivity contribution in [3.05, 3.63) is 0 Å². The Labute approximate surface area is 86.0 Å². The van der Waals surface area contributed by atoms with E-state index in [-0.39, 0.29) is 5.75 Å². The van der Waals surface area contributed by atoms with Gasteiger partial charge in [0.15, 0.2) is 9.84 Å². The molecule has 0 aromatic heterocycles. The van der Waals surface area contributed by atoms with Crippen molar-refractivity contribution in [2.45, 2.75) is 32.9 Å². The van der Waals surface area contributed by atoms with E-state index in [1.807, 2.05) is 13.8 Å². The highest BCUT2D eigenvalue weighted by molar-refractivity contribution is 7.92. The summed E-state index contributed by atoms with van der Waals surface area (Å²) in [5.41, 5.74) is 0. The summed E-state index contributed by atoms with van der Waals surface area (Å²) in [5.74, 6) is -0.0699. The van der Waals surface area contributed by atoms with Crippen molar-refractivity contribution in [1.82, 2.24) is 5.32 Å². The molecule has 5 heteroatoms. The Morgan fingerprint density at radius 3 is 2.14 bits per heavy atom. The van der Waals surface area contributed by atoms with E-state index in [2.05, 4.69) is 5.32 Å². The van der Waals surface area contributed by atoms with Gasteiger partial charge in [0.05, 0.1) is 0 Å². The molecule has 0 aliphatic heterocycles. The first-order valence-electron chi connectivity index (χ1n) is 4.80. The Hall–Kier alpha value is -0.580. The van der Waals surface area contributed by atoms with E-state index in [1.54, 1.807) is 6.92 Å². The molecule has 0 rings (SSSR count). The second-order valence-corrected chi connectivity index (χ2v) is 6.34. The summed E-state index contributed by atoms with van der Waals surface area (Å²) in [6, 6.07) is 0. The van der Waals surface area contributed by atoms with Gasteiger partial charge >= 0.3 is 0 Å². The van der Waals surface area contributed by atoms with Crippen molar-refractivity contribution in [2.24, 2.45) is 5.92 Å². The van der Waals surface area contributed by atoms with Gasteiger partial charge < -0.3 is 5.32 Å². The molecule has 0 heterocycles. The monoisotopic (exact) mass is 221 g/mol. The molecule has 0 aliphatic rings. The summed E-state index contributed by atoms with van der Waals surface area (Å²) >= 11 is 0. The van der Waals surface area contributed by atoms with Crippen LogP contribution in [0.1, 0.15) is 27.7 Å². The van der Waals surface area contributed by atoms with Crippen molar-refractivity contribution in [1.29, 1.82) is 0 Å². The summed E-state index contributed by atoms with van der Waals surface area (Å²) in [5, 5.41) is 1.67. The minimum Gasteiger partial charge on any atom is -0.355 e. The Balaban J connectivity index is 4.27. The molecule has 1 N–H and O–H groups in total. The Morgan fingerprint density at radius 2 is 1.79 bits per heavy atom. The van der Waals surface area contributed by atoms with Crippen molar-refractivity contribution in [3.63, 3.8) is 0 Å². The van der Waals surface area contributed by atoms with Crippen LogP contribution >= 0.6 is 0 Å². The Morgan fingerprint density at radius 1 is 1.29 bits per heavy atom. The van der Waals surface area contributed by atoms with Crippen LogP contribution in [0.15, 0.2) is 0 Å². The number of rotatable bonds is 5. The molecule has 4 nitrogen and oxygen atoms in total. The first-order chi connectivity index (χ1) is 6.31. The lowest BCUT2D eigenvalue weighted by Crippen LogP contribution is -2.40. The number of carbonyl (C=O) groups excluding carboxylic acids is 1. The highest BCUT2D eigenvalue weighted by atomic mass is 32.2. The van der Waals surface area contributed by atoms with Crippen molar-refractivity contribution >= 4 is 15.7 Å². The third-order valence-electron chi connectivity index (χ3n) is 1.99. The molecule has 0 fully saturated rings. The third kappa shape index (κ3) is 4.09. The third-order valence-corrected chi connectivity index (χ3v) is 4.09. The summed E-state index contributed by atoms with van der Waals surface area (Å²) in [6.07, 6.45) is 0. The molecule has 0 aromatic carbocycles. The van der Waals surface area contributed by atoms with Gasteiger partial charge in [-0.3, -0.25) is 4.79 Å². The molecular formula is C9H19NO3S. The highest BCUT2D eigenvalue weighted by Crippen LogP contribution is 2.01. The number of nitrogens with one attached hydrogen (secondary N) is 1. The maximum Gasteiger partial charge on any atom is 0.238 e. The van der Waals surface area contributed by atoms with Gasteiger partial charge in [-0.1, -0.05) is 20.8 Å². The standard InChI is InChI=1S/C9H19NO3S/c1-5-14(12,13)8(4)9(11)10-6-7(2)3/h7-8H,5-6H2,1-4H3,(H,10,11). The first-order valence-corrected chi connectivity index (χ1v) is 6.52. The van der Waals surface area contributed by atoms with Crippen LogP contribution in [0.4, 0.5) is 0 Å². The number of sulfone groups is 1. The van der Waals surface area contributed by atoms with E-state index >= 15 is 0 Å². The van der Waals surface area contributed by atoms with Gasteiger partial charge in [-0.05, 0) is 12.8 Å². The number of hydrogen-bond donors (Lipinski definition) is 1. The van der Waals surface area contributed by atoms with Crippen LogP contribution in [0.2, 0.25) is 0 Å². The van der Waals surface area contributed by atoms with Gasteiger partial charge in [0, 0.05) is 12.3 Å². The van der Waals surface area contributed by atoms with E-state index in [1.165, 1.54) is 6.92 Å². The van der Waals surface area contributed by atoms with Gasteiger partial charge in [-0.15, -0.1) is 0 Å². The van der Waals surface area contributed by atoms with Crippen molar-refractivity contribution in [2.75, 3.05) is 12.3 Å². The average molecular weight is 221 g/mol. The second-order valence-electron chi connectivity index (χ2n) is 3.73. The molecule has 0 aromatic rings. The van der Waals surface area contributed by atoms with Crippen molar-refractivity contribution in [3.8, 4) is 0 Å². The highest BCUT2D eigenvalue weighted by Gasteiger charge is 2.25. The molecule has 0 spiro atoms.